The molecule has 0 saturated carbocycles. The van der Waals surface area contributed by atoms with Crippen molar-refractivity contribution in [3.8, 4) is 0 Å². The van der Waals surface area contributed by atoms with Crippen molar-refractivity contribution >= 4 is 29.1 Å². The fourth-order valence-corrected chi connectivity index (χ4v) is 2.76. The number of carbonyl (C=O) groups excluding carboxylic acids is 2. The number of rotatable bonds is 3. The Kier molecular flexibility index (Phi) is 4.63. The molecule has 0 bridgehead atoms. The van der Waals surface area contributed by atoms with E-state index in [9.17, 15) is 9.59 Å². The first kappa shape index (κ1) is 15.6. The molecule has 3 rings (SSSR count). The van der Waals surface area contributed by atoms with E-state index in [1.807, 2.05) is 4.90 Å². The number of likely N-dealkylation sites (tertiary alicyclic amines) is 1. The van der Waals surface area contributed by atoms with Crippen molar-refractivity contribution in [2.45, 2.75) is 12.8 Å². The quantitative estimate of drug-likeness (QED) is 0.931. The second kappa shape index (κ2) is 6.84. The van der Waals surface area contributed by atoms with Crippen LogP contribution < -0.4 is 5.32 Å². The first-order valence-electron chi connectivity index (χ1n) is 7.60. The SMILES string of the molecule is O=C(Nc1cccc(C(=O)N2CCCC2)c1)c1ccc(Cl)cc1. The molecule has 1 N–H and O–H groups in total. The van der Waals surface area contributed by atoms with E-state index < -0.39 is 0 Å². The van der Waals surface area contributed by atoms with Crippen LogP contribution in [0.1, 0.15) is 33.6 Å². The highest BCUT2D eigenvalue weighted by Crippen LogP contribution is 2.17. The average molecular weight is 329 g/mol. The highest BCUT2D eigenvalue weighted by atomic mass is 35.5. The van der Waals surface area contributed by atoms with Gasteiger partial charge in [0.1, 0.15) is 0 Å². The molecular formula is C18H17ClN2O2. The van der Waals surface area contributed by atoms with Crippen molar-refractivity contribution in [2.24, 2.45) is 0 Å². The van der Waals surface area contributed by atoms with Gasteiger partial charge in [-0.1, -0.05) is 17.7 Å². The van der Waals surface area contributed by atoms with Crippen LogP contribution in [-0.2, 0) is 0 Å². The van der Waals surface area contributed by atoms with Crippen LogP contribution in [0.15, 0.2) is 48.5 Å². The zero-order valence-electron chi connectivity index (χ0n) is 12.6. The molecule has 4 nitrogen and oxygen atoms in total. The third-order valence-corrected chi connectivity index (χ3v) is 4.12. The number of nitrogens with zero attached hydrogens (tertiary/aromatic N) is 1. The monoisotopic (exact) mass is 328 g/mol. The number of anilines is 1. The minimum Gasteiger partial charge on any atom is -0.339 e. The van der Waals surface area contributed by atoms with E-state index in [1.165, 1.54) is 0 Å². The number of benzene rings is 2. The molecule has 0 atom stereocenters. The second-order valence-corrected chi connectivity index (χ2v) is 5.98. The maximum atomic E-state index is 12.4. The van der Waals surface area contributed by atoms with Crippen LogP contribution in [0.25, 0.3) is 0 Å². The van der Waals surface area contributed by atoms with Gasteiger partial charge in [-0.05, 0) is 55.3 Å². The van der Waals surface area contributed by atoms with Gasteiger partial charge < -0.3 is 10.2 Å². The molecule has 1 heterocycles. The Hall–Kier alpha value is -2.33. The number of hydrogen-bond donors (Lipinski definition) is 1. The maximum Gasteiger partial charge on any atom is 0.255 e. The van der Waals surface area contributed by atoms with Gasteiger partial charge in [0.05, 0.1) is 0 Å². The standard InChI is InChI=1S/C18H17ClN2O2/c19-15-8-6-13(7-9-15)17(22)20-16-5-3-4-14(12-16)18(23)21-10-1-2-11-21/h3-9,12H,1-2,10-11H2,(H,20,22). The summed E-state index contributed by atoms with van der Waals surface area (Å²) in [6.07, 6.45) is 2.11. The van der Waals surface area contributed by atoms with E-state index in [4.69, 9.17) is 11.6 Å². The average Bonchev–Trinajstić information content (AvgIpc) is 3.09. The van der Waals surface area contributed by atoms with Gasteiger partial charge in [0.2, 0.25) is 0 Å². The second-order valence-electron chi connectivity index (χ2n) is 5.54. The molecule has 118 valence electrons. The van der Waals surface area contributed by atoms with Crippen LogP contribution in [0.2, 0.25) is 5.02 Å². The van der Waals surface area contributed by atoms with Crippen LogP contribution >= 0.6 is 11.6 Å². The van der Waals surface area contributed by atoms with Gasteiger partial charge in [-0.2, -0.15) is 0 Å². The molecule has 1 saturated heterocycles. The zero-order chi connectivity index (χ0) is 16.2. The van der Waals surface area contributed by atoms with Gasteiger partial charge in [-0.3, -0.25) is 9.59 Å². The fourth-order valence-electron chi connectivity index (χ4n) is 2.64. The van der Waals surface area contributed by atoms with Crippen LogP contribution in [0.4, 0.5) is 5.69 Å². The summed E-state index contributed by atoms with van der Waals surface area (Å²) < 4.78 is 0. The first-order chi connectivity index (χ1) is 11.1. The van der Waals surface area contributed by atoms with Crippen molar-refractivity contribution in [2.75, 3.05) is 18.4 Å². The lowest BCUT2D eigenvalue weighted by molar-refractivity contribution is 0.0792. The Morgan fingerprint density at radius 2 is 1.65 bits per heavy atom. The third kappa shape index (κ3) is 3.71. The van der Waals surface area contributed by atoms with E-state index in [1.54, 1.807) is 48.5 Å². The highest BCUT2D eigenvalue weighted by Gasteiger charge is 2.19. The Labute approximate surface area is 140 Å². The third-order valence-electron chi connectivity index (χ3n) is 3.87. The smallest absolute Gasteiger partial charge is 0.255 e. The van der Waals surface area contributed by atoms with Crippen LogP contribution in [0.3, 0.4) is 0 Å². The summed E-state index contributed by atoms with van der Waals surface area (Å²) in [6.45, 7) is 1.61. The van der Waals surface area contributed by atoms with Gasteiger partial charge in [-0.15, -0.1) is 0 Å². The minimum atomic E-state index is -0.229. The molecule has 1 aliphatic heterocycles. The van der Waals surface area contributed by atoms with Crippen molar-refractivity contribution in [3.63, 3.8) is 0 Å². The number of halogens is 1. The van der Waals surface area contributed by atoms with Gasteiger partial charge in [-0.25, -0.2) is 0 Å². The highest BCUT2D eigenvalue weighted by molar-refractivity contribution is 6.30. The molecule has 0 aliphatic carbocycles. The number of nitrogens with one attached hydrogen (secondary N) is 1. The fraction of sp³-hybridized carbons (Fsp3) is 0.222. The molecule has 0 radical (unpaired) electrons. The molecule has 0 unspecified atom stereocenters. The molecule has 2 aromatic rings. The van der Waals surface area contributed by atoms with Gasteiger partial charge in [0, 0.05) is 34.9 Å². The van der Waals surface area contributed by atoms with Crippen molar-refractivity contribution in [3.05, 3.63) is 64.7 Å². The lowest BCUT2D eigenvalue weighted by atomic mass is 10.1. The summed E-state index contributed by atoms with van der Waals surface area (Å²) >= 11 is 5.82. The summed E-state index contributed by atoms with van der Waals surface area (Å²) in [5, 5.41) is 3.39. The van der Waals surface area contributed by atoms with Crippen molar-refractivity contribution < 1.29 is 9.59 Å². The van der Waals surface area contributed by atoms with E-state index in [0.717, 1.165) is 25.9 Å². The van der Waals surface area contributed by atoms with E-state index in [0.29, 0.717) is 21.8 Å². The zero-order valence-corrected chi connectivity index (χ0v) is 13.3. The lowest BCUT2D eigenvalue weighted by Crippen LogP contribution is -2.27. The van der Waals surface area contributed by atoms with E-state index in [2.05, 4.69) is 5.32 Å². The largest absolute Gasteiger partial charge is 0.339 e. The minimum absolute atomic E-state index is 0.0186. The maximum absolute atomic E-state index is 12.4. The summed E-state index contributed by atoms with van der Waals surface area (Å²) in [7, 11) is 0. The Morgan fingerprint density at radius 3 is 2.35 bits per heavy atom. The number of carbonyl (C=O) groups is 2. The van der Waals surface area contributed by atoms with Crippen LogP contribution in [-0.4, -0.2) is 29.8 Å². The topological polar surface area (TPSA) is 49.4 Å². The predicted molar refractivity (Wildman–Crippen MR) is 91.0 cm³/mol. The lowest BCUT2D eigenvalue weighted by Gasteiger charge is -2.15. The van der Waals surface area contributed by atoms with Gasteiger partial charge in [0.15, 0.2) is 0 Å². The van der Waals surface area contributed by atoms with Crippen molar-refractivity contribution in [1.82, 2.24) is 4.90 Å². The van der Waals surface area contributed by atoms with E-state index >= 15 is 0 Å². The number of amides is 2. The normalized spacial score (nSPS) is 13.9. The molecule has 0 spiro atoms. The van der Waals surface area contributed by atoms with Crippen LogP contribution in [0, 0.1) is 0 Å². The molecule has 0 aromatic heterocycles. The summed E-state index contributed by atoms with van der Waals surface area (Å²) in [5.41, 5.74) is 1.72. The first-order valence-corrected chi connectivity index (χ1v) is 7.97. The van der Waals surface area contributed by atoms with Gasteiger partial charge in [0.25, 0.3) is 11.8 Å². The van der Waals surface area contributed by atoms with Crippen LogP contribution in [0.5, 0.6) is 0 Å². The van der Waals surface area contributed by atoms with Gasteiger partial charge >= 0.3 is 0 Å². The Balaban J connectivity index is 1.73. The molecule has 23 heavy (non-hydrogen) atoms. The molecule has 1 aliphatic rings. The summed E-state index contributed by atoms with van der Waals surface area (Å²) in [6, 6.07) is 13.7. The molecule has 5 heteroatoms. The summed E-state index contributed by atoms with van der Waals surface area (Å²) in [5.74, 6) is -0.211. The Bertz CT molecular complexity index is 722. The molecule has 1 fully saturated rings. The van der Waals surface area contributed by atoms with E-state index in [-0.39, 0.29) is 11.8 Å². The molecular weight excluding hydrogens is 312 g/mol. The summed E-state index contributed by atoms with van der Waals surface area (Å²) in [4.78, 5) is 26.5. The molecule has 2 aromatic carbocycles. The number of hydrogen-bond acceptors (Lipinski definition) is 2. The van der Waals surface area contributed by atoms with Crippen molar-refractivity contribution in [1.29, 1.82) is 0 Å². The molecule has 2 amide bonds. The predicted octanol–water partition coefficient (Wildman–Crippen LogP) is 3.83. The Morgan fingerprint density at radius 1 is 0.957 bits per heavy atom.